The molecule has 12 heteroatoms. The minimum atomic E-state index is -5.58. The molecule has 0 radical (unpaired) electrons. The quantitative estimate of drug-likeness (QED) is 0.472. The Balaban J connectivity index is 2.69. The van der Waals surface area contributed by atoms with Crippen molar-refractivity contribution in [1.82, 2.24) is 5.43 Å². The van der Waals surface area contributed by atoms with Crippen molar-refractivity contribution in [3.05, 3.63) is 29.8 Å². The van der Waals surface area contributed by atoms with Crippen molar-refractivity contribution >= 4 is 12.2 Å². The van der Waals surface area contributed by atoms with Crippen LogP contribution in [0.3, 0.4) is 0 Å². The van der Waals surface area contributed by atoms with E-state index in [-0.39, 0.29) is 0 Å². The summed E-state index contributed by atoms with van der Waals surface area (Å²) in [6.07, 6.45) is -13.4. The van der Waals surface area contributed by atoms with E-state index in [2.05, 4.69) is 14.6 Å². The Morgan fingerprint density at radius 2 is 1.78 bits per heavy atom. The van der Waals surface area contributed by atoms with Crippen LogP contribution in [-0.4, -0.2) is 31.1 Å². The molecule has 23 heavy (non-hydrogen) atoms. The van der Waals surface area contributed by atoms with Crippen molar-refractivity contribution in [2.75, 3.05) is 0 Å². The topological polar surface area (TPSA) is 85.9 Å². The van der Waals surface area contributed by atoms with Gasteiger partial charge in [-0.15, -0.1) is 13.2 Å². The minimum Gasteiger partial charge on any atom is -0.429 e. The molecule has 0 saturated carbocycles. The lowest BCUT2D eigenvalue weighted by atomic mass is 10.2. The van der Waals surface area contributed by atoms with E-state index in [4.69, 9.17) is 5.73 Å². The van der Waals surface area contributed by atoms with Gasteiger partial charge in [0.05, 0.1) is 6.21 Å². The van der Waals surface area contributed by atoms with Crippen LogP contribution in [0.15, 0.2) is 29.4 Å². The van der Waals surface area contributed by atoms with Gasteiger partial charge in [0.25, 0.3) is 0 Å². The molecule has 128 valence electrons. The summed E-state index contributed by atoms with van der Waals surface area (Å²) in [6.45, 7) is 0. The van der Waals surface area contributed by atoms with Crippen LogP contribution in [0, 0.1) is 0 Å². The SMILES string of the molecule is NC(=O)NN=Cc1ccc(OC(F)(F)C(F)OC(F)(F)F)cc1. The fraction of sp³-hybridized carbons (Fsp3) is 0.273. The number of hydrogen-bond acceptors (Lipinski definition) is 4. The van der Waals surface area contributed by atoms with Gasteiger partial charge in [-0.3, -0.25) is 0 Å². The summed E-state index contributed by atoms with van der Waals surface area (Å²) in [5.41, 5.74) is 6.90. The van der Waals surface area contributed by atoms with E-state index < -0.39 is 30.6 Å². The number of primary amides is 1. The summed E-state index contributed by atoms with van der Waals surface area (Å²) in [6, 6.07) is 3.23. The first-order chi connectivity index (χ1) is 10.5. The van der Waals surface area contributed by atoms with Gasteiger partial charge in [-0.2, -0.15) is 13.9 Å². The molecule has 1 unspecified atom stereocenters. The van der Waals surface area contributed by atoms with Crippen molar-refractivity contribution in [3.63, 3.8) is 0 Å². The van der Waals surface area contributed by atoms with Gasteiger partial charge in [-0.1, -0.05) is 0 Å². The van der Waals surface area contributed by atoms with Crippen LogP contribution in [0.4, 0.5) is 31.1 Å². The second-order valence-electron chi connectivity index (χ2n) is 3.85. The van der Waals surface area contributed by atoms with Gasteiger partial charge in [0.2, 0.25) is 0 Å². The van der Waals surface area contributed by atoms with Gasteiger partial charge in [-0.25, -0.2) is 19.3 Å². The lowest BCUT2D eigenvalue weighted by Gasteiger charge is -2.22. The fourth-order valence-electron chi connectivity index (χ4n) is 1.18. The Morgan fingerprint density at radius 3 is 2.26 bits per heavy atom. The molecule has 2 amide bonds. The number of nitrogens with one attached hydrogen (secondary N) is 1. The highest BCUT2D eigenvalue weighted by Gasteiger charge is 2.50. The molecule has 0 spiro atoms. The van der Waals surface area contributed by atoms with Crippen molar-refractivity contribution in [1.29, 1.82) is 0 Å². The molecule has 0 aliphatic rings. The Bertz CT molecular complexity index is 561. The largest absolute Gasteiger partial charge is 0.525 e. The normalized spacial score (nSPS) is 13.8. The number of rotatable bonds is 6. The maximum Gasteiger partial charge on any atom is 0.525 e. The van der Waals surface area contributed by atoms with Gasteiger partial charge >= 0.3 is 24.9 Å². The van der Waals surface area contributed by atoms with Crippen LogP contribution in [0.5, 0.6) is 5.75 Å². The molecular weight excluding hydrogens is 336 g/mol. The van der Waals surface area contributed by atoms with Crippen molar-refractivity contribution < 1.29 is 40.6 Å². The molecule has 3 N–H and O–H groups in total. The number of benzene rings is 1. The molecule has 0 fully saturated rings. The second-order valence-corrected chi connectivity index (χ2v) is 3.85. The Morgan fingerprint density at radius 1 is 1.22 bits per heavy atom. The van der Waals surface area contributed by atoms with Gasteiger partial charge in [-0.05, 0) is 29.8 Å². The summed E-state index contributed by atoms with van der Waals surface area (Å²) in [5.74, 6) is -0.622. The first kappa shape index (κ1) is 18.5. The standard InChI is InChI=1S/C11H9F6N3O3/c12-8(23-11(15,16)17)10(13,14)22-7-3-1-6(2-4-7)5-19-20-9(18)21/h1-5,8H,(H3,18,20,21). The maximum atomic E-state index is 13.1. The van der Waals surface area contributed by atoms with E-state index in [1.807, 2.05) is 5.43 Å². The van der Waals surface area contributed by atoms with Crippen LogP contribution in [0.25, 0.3) is 0 Å². The number of carbonyl (C=O) groups excluding carboxylic acids is 1. The number of amides is 2. The number of alkyl halides is 6. The number of ether oxygens (including phenoxy) is 2. The Labute approximate surface area is 124 Å². The number of hydrazone groups is 1. The van der Waals surface area contributed by atoms with Gasteiger partial charge in [0.1, 0.15) is 5.75 Å². The van der Waals surface area contributed by atoms with E-state index in [0.29, 0.717) is 5.56 Å². The zero-order valence-corrected chi connectivity index (χ0v) is 11.0. The molecule has 0 aromatic heterocycles. The van der Waals surface area contributed by atoms with Crippen LogP contribution in [0.2, 0.25) is 0 Å². The average Bonchev–Trinajstić information content (AvgIpc) is 2.38. The fourth-order valence-corrected chi connectivity index (χ4v) is 1.18. The van der Waals surface area contributed by atoms with Crippen molar-refractivity contribution in [3.8, 4) is 5.75 Å². The molecule has 1 atom stereocenters. The van der Waals surface area contributed by atoms with E-state index in [1.54, 1.807) is 0 Å². The van der Waals surface area contributed by atoms with E-state index in [9.17, 15) is 31.1 Å². The third-order valence-corrected chi connectivity index (χ3v) is 2.02. The summed E-state index contributed by atoms with van der Waals surface area (Å²) < 4.78 is 80.5. The minimum absolute atomic E-state index is 0.303. The van der Waals surface area contributed by atoms with Gasteiger partial charge in [0.15, 0.2) is 0 Å². The summed E-state index contributed by atoms with van der Waals surface area (Å²) in [4.78, 5) is 10.3. The van der Waals surface area contributed by atoms with Crippen LogP contribution in [-0.2, 0) is 4.74 Å². The Hall–Kier alpha value is -2.50. The summed E-state index contributed by atoms with van der Waals surface area (Å²) in [7, 11) is 0. The molecule has 0 saturated heterocycles. The molecular formula is C11H9F6N3O3. The number of nitrogens with zero attached hydrogens (tertiary/aromatic N) is 1. The van der Waals surface area contributed by atoms with Crippen LogP contribution >= 0.6 is 0 Å². The number of carbonyl (C=O) groups is 1. The lowest BCUT2D eigenvalue weighted by molar-refractivity contribution is -0.411. The lowest BCUT2D eigenvalue weighted by Crippen LogP contribution is -2.41. The second kappa shape index (κ2) is 7.17. The van der Waals surface area contributed by atoms with Crippen molar-refractivity contribution in [2.24, 2.45) is 10.8 Å². The monoisotopic (exact) mass is 345 g/mol. The molecule has 0 heterocycles. The molecule has 6 nitrogen and oxygen atoms in total. The third-order valence-electron chi connectivity index (χ3n) is 2.02. The van der Waals surface area contributed by atoms with Crippen LogP contribution < -0.4 is 15.9 Å². The summed E-state index contributed by atoms with van der Waals surface area (Å²) in [5, 5.41) is 3.37. The number of hydrogen-bond donors (Lipinski definition) is 2. The Kier molecular flexibility index (Phi) is 5.79. The van der Waals surface area contributed by atoms with E-state index >= 15 is 0 Å². The van der Waals surface area contributed by atoms with E-state index in [1.165, 1.54) is 0 Å². The molecule has 0 bridgehead atoms. The third kappa shape index (κ3) is 6.86. The van der Waals surface area contributed by atoms with Crippen LogP contribution in [0.1, 0.15) is 5.56 Å². The number of halogens is 6. The molecule has 0 aliphatic heterocycles. The smallest absolute Gasteiger partial charge is 0.429 e. The van der Waals surface area contributed by atoms with Gasteiger partial charge < -0.3 is 10.5 Å². The molecule has 1 rings (SSSR count). The highest BCUT2D eigenvalue weighted by atomic mass is 19.4. The first-order valence-corrected chi connectivity index (χ1v) is 5.63. The highest BCUT2D eigenvalue weighted by Crippen LogP contribution is 2.31. The number of nitrogens with two attached hydrogens (primary N) is 1. The average molecular weight is 345 g/mol. The van der Waals surface area contributed by atoms with Gasteiger partial charge in [0, 0.05) is 0 Å². The van der Waals surface area contributed by atoms with E-state index in [0.717, 1.165) is 30.5 Å². The predicted octanol–water partition coefficient (Wildman–Crippen LogP) is 2.49. The maximum absolute atomic E-state index is 13.1. The molecule has 1 aromatic carbocycles. The zero-order chi connectivity index (χ0) is 17.7. The number of urea groups is 1. The first-order valence-electron chi connectivity index (χ1n) is 5.63. The highest BCUT2D eigenvalue weighted by molar-refractivity contribution is 5.81. The molecule has 1 aromatic rings. The summed E-state index contributed by atoms with van der Waals surface area (Å²) >= 11 is 0. The zero-order valence-electron chi connectivity index (χ0n) is 11.0. The van der Waals surface area contributed by atoms with Crippen molar-refractivity contribution in [2.45, 2.75) is 18.8 Å². The molecule has 0 aliphatic carbocycles. The predicted molar refractivity (Wildman–Crippen MR) is 64.4 cm³/mol.